The summed E-state index contributed by atoms with van der Waals surface area (Å²) >= 11 is 0. The number of carbonyl (C=O) groups is 1. The fourth-order valence-corrected chi connectivity index (χ4v) is 5.53. The highest BCUT2D eigenvalue weighted by Gasteiger charge is 2.29. The fraction of sp³-hybridized carbons (Fsp3) is 0.778. The lowest BCUT2D eigenvalue weighted by molar-refractivity contribution is -0.140. The highest BCUT2D eigenvalue weighted by Crippen LogP contribution is 2.38. The number of aromatic nitrogens is 1. The molecule has 0 bridgehead atoms. The van der Waals surface area contributed by atoms with Crippen molar-refractivity contribution >= 4 is 5.97 Å². The molecule has 0 amide bonds. The number of unbranched alkanes of at least 4 members (excludes halogenated alkanes) is 2. The van der Waals surface area contributed by atoms with E-state index in [2.05, 4.69) is 18.8 Å². The second-order valence-corrected chi connectivity index (χ2v) is 9.94. The van der Waals surface area contributed by atoms with E-state index in [4.69, 9.17) is 4.74 Å². The SMILES string of the molecule is CCCCCC1CCC(CCC2CCC(C(=O)Oc3ccc(CC)nc3)CC2)CC1. The summed E-state index contributed by atoms with van der Waals surface area (Å²) in [6, 6.07) is 3.81. The van der Waals surface area contributed by atoms with Crippen LogP contribution < -0.4 is 4.74 Å². The highest BCUT2D eigenvalue weighted by molar-refractivity contribution is 5.75. The van der Waals surface area contributed by atoms with Gasteiger partial charge < -0.3 is 4.74 Å². The van der Waals surface area contributed by atoms with Crippen molar-refractivity contribution in [2.75, 3.05) is 0 Å². The van der Waals surface area contributed by atoms with E-state index in [1.807, 2.05) is 12.1 Å². The molecule has 0 N–H and O–H groups in total. The lowest BCUT2D eigenvalue weighted by atomic mass is 9.75. The zero-order valence-corrected chi connectivity index (χ0v) is 19.4. The van der Waals surface area contributed by atoms with E-state index >= 15 is 0 Å². The first kappa shape index (κ1) is 23.3. The van der Waals surface area contributed by atoms with E-state index < -0.39 is 0 Å². The number of aryl methyl sites for hydroxylation is 1. The molecule has 0 atom stereocenters. The van der Waals surface area contributed by atoms with Gasteiger partial charge in [0.1, 0.15) is 5.75 Å². The van der Waals surface area contributed by atoms with Crippen LogP contribution in [0, 0.1) is 23.7 Å². The molecule has 1 aromatic rings. The Morgan fingerprint density at radius 3 is 2.00 bits per heavy atom. The van der Waals surface area contributed by atoms with Gasteiger partial charge in [0.15, 0.2) is 0 Å². The first-order valence-electron chi connectivity index (χ1n) is 12.8. The molecule has 30 heavy (non-hydrogen) atoms. The first-order chi connectivity index (χ1) is 14.7. The maximum absolute atomic E-state index is 12.5. The zero-order chi connectivity index (χ0) is 21.2. The van der Waals surface area contributed by atoms with Crippen LogP contribution in [-0.4, -0.2) is 11.0 Å². The molecular weight excluding hydrogens is 370 g/mol. The average molecular weight is 414 g/mol. The van der Waals surface area contributed by atoms with Gasteiger partial charge in [-0.3, -0.25) is 9.78 Å². The molecule has 3 heteroatoms. The van der Waals surface area contributed by atoms with Crippen molar-refractivity contribution < 1.29 is 9.53 Å². The van der Waals surface area contributed by atoms with Crippen molar-refractivity contribution in [2.24, 2.45) is 23.7 Å². The molecule has 2 aliphatic carbocycles. The summed E-state index contributed by atoms with van der Waals surface area (Å²) in [6.45, 7) is 4.38. The van der Waals surface area contributed by atoms with E-state index in [-0.39, 0.29) is 11.9 Å². The van der Waals surface area contributed by atoms with E-state index in [1.54, 1.807) is 6.20 Å². The number of rotatable bonds is 10. The Morgan fingerprint density at radius 1 is 0.867 bits per heavy atom. The summed E-state index contributed by atoms with van der Waals surface area (Å²) in [5.74, 6) is 3.41. The molecule has 0 spiro atoms. The van der Waals surface area contributed by atoms with Gasteiger partial charge in [-0.1, -0.05) is 78.1 Å². The predicted octanol–water partition coefficient (Wildman–Crippen LogP) is 7.52. The Kier molecular flexibility index (Phi) is 9.68. The minimum absolute atomic E-state index is 0.0547. The first-order valence-corrected chi connectivity index (χ1v) is 12.8. The van der Waals surface area contributed by atoms with Crippen LogP contribution in [-0.2, 0) is 11.2 Å². The van der Waals surface area contributed by atoms with Gasteiger partial charge in [-0.15, -0.1) is 0 Å². The Balaban J connectivity index is 1.29. The molecule has 0 aliphatic heterocycles. The average Bonchev–Trinajstić information content (AvgIpc) is 2.79. The van der Waals surface area contributed by atoms with Crippen molar-refractivity contribution in [1.82, 2.24) is 4.98 Å². The van der Waals surface area contributed by atoms with Crippen LogP contribution in [0.2, 0.25) is 0 Å². The highest BCUT2D eigenvalue weighted by atomic mass is 16.5. The smallest absolute Gasteiger partial charge is 0.314 e. The number of ether oxygens (including phenoxy) is 1. The minimum Gasteiger partial charge on any atom is -0.425 e. The third kappa shape index (κ3) is 7.39. The second-order valence-electron chi connectivity index (χ2n) is 9.94. The van der Waals surface area contributed by atoms with E-state index in [9.17, 15) is 4.79 Å². The minimum atomic E-state index is -0.0547. The van der Waals surface area contributed by atoms with Crippen molar-refractivity contribution in [3.05, 3.63) is 24.0 Å². The quantitative estimate of drug-likeness (QED) is 0.294. The predicted molar refractivity (Wildman–Crippen MR) is 124 cm³/mol. The zero-order valence-electron chi connectivity index (χ0n) is 19.4. The van der Waals surface area contributed by atoms with Gasteiger partial charge in [0.05, 0.1) is 12.1 Å². The van der Waals surface area contributed by atoms with Crippen LogP contribution in [0.5, 0.6) is 5.75 Å². The number of nitrogens with zero attached hydrogens (tertiary/aromatic N) is 1. The molecule has 2 saturated carbocycles. The molecule has 3 rings (SSSR count). The molecular formula is C27H43NO2. The molecule has 0 saturated heterocycles. The van der Waals surface area contributed by atoms with Crippen LogP contribution in [0.15, 0.2) is 18.3 Å². The van der Waals surface area contributed by atoms with Gasteiger partial charge >= 0.3 is 5.97 Å². The molecule has 2 aliphatic rings. The summed E-state index contributed by atoms with van der Waals surface area (Å²) in [7, 11) is 0. The molecule has 168 valence electrons. The molecule has 0 aromatic carbocycles. The molecule has 3 nitrogen and oxygen atoms in total. The summed E-state index contributed by atoms with van der Waals surface area (Å²) in [5, 5.41) is 0. The standard InChI is InChI=1S/C27H43NO2/c1-3-5-6-7-21-8-10-22(11-9-21)12-13-23-14-16-24(17-15-23)27(29)30-26-19-18-25(4-2)28-20-26/h18-24H,3-17H2,1-2H3. The Hall–Kier alpha value is -1.38. The number of pyridine rings is 1. The van der Waals surface area contributed by atoms with Crippen molar-refractivity contribution in [3.63, 3.8) is 0 Å². The number of carbonyl (C=O) groups excluding carboxylic acids is 1. The third-order valence-corrected chi connectivity index (χ3v) is 7.72. The Bertz CT molecular complexity index is 610. The van der Waals surface area contributed by atoms with E-state index in [0.29, 0.717) is 5.75 Å². The molecule has 0 radical (unpaired) electrons. The van der Waals surface area contributed by atoms with Crippen LogP contribution in [0.25, 0.3) is 0 Å². The molecule has 1 heterocycles. The fourth-order valence-electron chi connectivity index (χ4n) is 5.53. The van der Waals surface area contributed by atoms with Crippen LogP contribution in [0.4, 0.5) is 0 Å². The van der Waals surface area contributed by atoms with Crippen molar-refractivity contribution in [1.29, 1.82) is 0 Å². The summed E-state index contributed by atoms with van der Waals surface area (Å²) in [5.41, 5.74) is 1.03. The second kappa shape index (κ2) is 12.5. The van der Waals surface area contributed by atoms with Gasteiger partial charge in [0, 0.05) is 5.69 Å². The summed E-state index contributed by atoms with van der Waals surface area (Å²) in [4.78, 5) is 16.8. The normalized spacial score (nSPS) is 27.0. The Labute approximate surface area is 184 Å². The van der Waals surface area contributed by atoms with Gasteiger partial charge in [-0.25, -0.2) is 0 Å². The topological polar surface area (TPSA) is 39.2 Å². The molecule has 0 unspecified atom stereocenters. The lowest BCUT2D eigenvalue weighted by Crippen LogP contribution is -2.26. The van der Waals surface area contributed by atoms with Crippen LogP contribution in [0.1, 0.15) is 109 Å². The summed E-state index contributed by atoms with van der Waals surface area (Å²) < 4.78 is 5.59. The number of hydrogen-bond acceptors (Lipinski definition) is 3. The van der Waals surface area contributed by atoms with Crippen LogP contribution >= 0.6 is 0 Å². The molecule has 2 fully saturated rings. The Morgan fingerprint density at radius 2 is 1.47 bits per heavy atom. The van der Waals surface area contributed by atoms with E-state index in [0.717, 1.165) is 42.7 Å². The van der Waals surface area contributed by atoms with E-state index in [1.165, 1.54) is 77.0 Å². The summed E-state index contributed by atoms with van der Waals surface area (Å²) in [6.07, 6.45) is 21.3. The third-order valence-electron chi connectivity index (χ3n) is 7.72. The maximum Gasteiger partial charge on any atom is 0.314 e. The monoisotopic (exact) mass is 413 g/mol. The van der Waals surface area contributed by atoms with Gasteiger partial charge in [-0.2, -0.15) is 0 Å². The van der Waals surface area contributed by atoms with Gasteiger partial charge in [-0.05, 0) is 62.0 Å². The molecule has 1 aromatic heterocycles. The largest absolute Gasteiger partial charge is 0.425 e. The van der Waals surface area contributed by atoms with Crippen molar-refractivity contribution in [3.8, 4) is 5.75 Å². The van der Waals surface area contributed by atoms with Crippen LogP contribution in [0.3, 0.4) is 0 Å². The maximum atomic E-state index is 12.5. The number of hydrogen-bond donors (Lipinski definition) is 0. The van der Waals surface area contributed by atoms with Gasteiger partial charge in [0.25, 0.3) is 0 Å². The lowest BCUT2D eigenvalue weighted by Gasteiger charge is -2.31. The van der Waals surface area contributed by atoms with Crippen molar-refractivity contribution in [2.45, 2.75) is 110 Å². The van der Waals surface area contributed by atoms with Gasteiger partial charge in [0.2, 0.25) is 0 Å². The number of esters is 1.